The number of hydrogen-bond acceptors (Lipinski definition) is 2. The summed E-state index contributed by atoms with van der Waals surface area (Å²) in [5, 5.41) is 9.54. The van der Waals surface area contributed by atoms with E-state index in [1.807, 2.05) is 0 Å². The molecular formula is C3H4BrNaO2. The third kappa shape index (κ3) is 6.95. The second-order valence-electron chi connectivity index (χ2n) is 0.935. The van der Waals surface area contributed by atoms with E-state index in [1.165, 1.54) is 6.92 Å². The van der Waals surface area contributed by atoms with Crippen molar-refractivity contribution in [3.63, 3.8) is 0 Å². The van der Waals surface area contributed by atoms with E-state index in [0.717, 1.165) is 0 Å². The predicted molar refractivity (Wildman–Crippen MR) is 23.4 cm³/mol. The van der Waals surface area contributed by atoms with E-state index in [-0.39, 0.29) is 29.6 Å². The minimum absolute atomic E-state index is 0. The molecule has 1 atom stereocenters. The molecule has 4 heteroatoms. The molecule has 36 valence electrons. The molecule has 0 spiro atoms. The van der Waals surface area contributed by atoms with Crippen LogP contribution in [0.25, 0.3) is 0 Å². The summed E-state index contributed by atoms with van der Waals surface area (Å²) < 4.78 is 0. The summed E-state index contributed by atoms with van der Waals surface area (Å²) in [7, 11) is 0. The van der Waals surface area contributed by atoms with Crippen LogP contribution in [0.1, 0.15) is 6.92 Å². The van der Waals surface area contributed by atoms with Gasteiger partial charge in [0.05, 0.1) is 10.8 Å². The number of carboxylic acid groups (broad SMARTS) is 1. The van der Waals surface area contributed by atoms with Crippen LogP contribution in [-0.2, 0) is 4.79 Å². The van der Waals surface area contributed by atoms with Crippen LogP contribution in [0.3, 0.4) is 0 Å². The molecule has 0 fully saturated rings. The molecule has 0 amide bonds. The minimum atomic E-state index is -1.07. The molecular weight excluding hydrogens is 171 g/mol. The Morgan fingerprint density at radius 1 is 1.86 bits per heavy atom. The Balaban J connectivity index is 0. The topological polar surface area (TPSA) is 40.1 Å². The largest absolute Gasteiger partial charge is 1.00 e. The van der Waals surface area contributed by atoms with Gasteiger partial charge >= 0.3 is 29.6 Å². The smallest absolute Gasteiger partial charge is 0.549 e. The number of halogens is 1. The first-order valence-electron chi connectivity index (χ1n) is 1.49. The van der Waals surface area contributed by atoms with Gasteiger partial charge in [-0.25, -0.2) is 0 Å². The molecule has 7 heavy (non-hydrogen) atoms. The van der Waals surface area contributed by atoms with Crippen molar-refractivity contribution in [2.75, 3.05) is 0 Å². The van der Waals surface area contributed by atoms with Crippen LogP contribution in [0.2, 0.25) is 0 Å². The molecule has 0 aromatic carbocycles. The first-order chi connectivity index (χ1) is 2.64. The van der Waals surface area contributed by atoms with Gasteiger partial charge < -0.3 is 9.90 Å². The number of rotatable bonds is 1. The fourth-order valence-electron chi connectivity index (χ4n) is 0. The average Bonchev–Trinajstić information content (AvgIpc) is 1.36. The van der Waals surface area contributed by atoms with Crippen LogP contribution in [0.5, 0.6) is 0 Å². The van der Waals surface area contributed by atoms with Crippen LogP contribution in [-0.4, -0.2) is 10.8 Å². The number of alkyl halides is 1. The Labute approximate surface area is 72.7 Å². The summed E-state index contributed by atoms with van der Waals surface area (Å²) in [4.78, 5) is 9.01. The predicted octanol–water partition coefficient (Wildman–Crippen LogP) is -3.48. The summed E-state index contributed by atoms with van der Waals surface area (Å²) >= 11 is 2.78. The first kappa shape index (κ1) is 10.8. The van der Waals surface area contributed by atoms with E-state index >= 15 is 0 Å². The molecule has 0 aromatic heterocycles. The van der Waals surface area contributed by atoms with E-state index in [9.17, 15) is 9.90 Å². The molecule has 0 saturated carbocycles. The van der Waals surface area contributed by atoms with Crippen molar-refractivity contribution in [3.05, 3.63) is 0 Å². The molecule has 0 aliphatic heterocycles. The zero-order valence-corrected chi connectivity index (χ0v) is 7.86. The van der Waals surface area contributed by atoms with Gasteiger partial charge in [0, 0.05) is 0 Å². The second-order valence-corrected chi connectivity index (χ2v) is 2.31. The van der Waals surface area contributed by atoms with Crippen LogP contribution in [0, 0.1) is 0 Å². The Kier molecular flexibility index (Phi) is 7.89. The van der Waals surface area contributed by atoms with Crippen molar-refractivity contribution in [2.24, 2.45) is 0 Å². The first-order valence-corrected chi connectivity index (χ1v) is 2.41. The van der Waals surface area contributed by atoms with Crippen molar-refractivity contribution in [3.8, 4) is 0 Å². The van der Waals surface area contributed by atoms with Gasteiger partial charge in [-0.15, -0.1) is 0 Å². The Morgan fingerprint density at radius 3 is 2.00 bits per heavy atom. The van der Waals surface area contributed by atoms with Gasteiger partial charge in [-0.1, -0.05) is 15.9 Å². The van der Waals surface area contributed by atoms with Gasteiger partial charge in [0.15, 0.2) is 0 Å². The van der Waals surface area contributed by atoms with Gasteiger partial charge in [-0.2, -0.15) is 0 Å². The number of carbonyl (C=O) groups is 1. The maximum absolute atomic E-state index is 9.54. The summed E-state index contributed by atoms with van der Waals surface area (Å²) in [5.41, 5.74) is 0. The minimum Gasteiger partial charge on any atom is -0.549 e. The Bertz CT molecular complexity index is 64.0. The van der Waals surface area contributed by atoms with E-state index < -0.39 is 10.8 Å². The van der Waals surface area contributed by atoms with E-state index in [4.69, 9.17) is 0 Å². The molecule has 0 N–H and O–H groups in total. The zero-order valence-electron chi connectivity index (χ0n) is 4.27. The third-order valence-electron chi connectivity index (χ3n) is 0.325. The Hall–Kier alpha value is 0.950. The van der Waals surface area contributed by atoms with E-state index in [2.05, 4.69) is 15.9 Å². The fraction of sp³-hybridized carbons (Fsp3) is 0.667. The van der Waals surface area contributed by atoms with Crippen molar-refractivity contribution < 1.29 is 39.5 Å². The normalized spacial score (nSPS) is 11.7. The SMILES string of the molecule is CC(Br)C(=O)[O-].[Na+]. The van der Waals surface area contributed by atoms with Crippen LogP contribution in [0.15, 0.2) is 0 Å². The standard InChI is InChI=1S/C3H5BrO2.Na/c1-2(4)3(5)6;/h2H,1H3,(H,5,6);/q;+1/p-1. The molecule has 2 nitrogen and oxygen atoms in total. The fourth-order valence-corrected chi connectivity index (χ4v) is 0. The maximum atomic E-state index is 9.54. The van der Waals surface area contributed by atoms with Gasteiger partial charge in [-0.05, 0) is 6.92 Å². The van der Waals surface area contributed by atoms with Gasteiger partial charge in [0.25, 0.3) is 0 Å². The maximum Gasteiger partial charge on any atom is 1.00 e. The van der Waals surface area contributed by atoms with Crippen LogP contribution in [0.4, 0.5) is 0 Å². The second kappa shape index (κ2) is 5.09. The summed E-state index contributed by atoms with van der Waals surface area (Å²) in [6.07, 6.45) is 0. The average molecular weight is 175 g/mol. The van der Waals surface area contributed by atoms with Crippen LogP contribution >= 0.6 is 15.9 Å². The van der Waals surface area contributed by atoms with Crippen molar-refractivity contribution >= 4 is 21.9 Å². The summed E-state index contributed by atoms with van der Waals surface area (Å²) in [6.45, 7) is 1.50. The van der Waals surface area contributed by atoms with E-state index in [0.29, 0.717) is 0 Å². The van der Waals surface area contributed by atoms with Gasteiger partial charge in [0.1, 0.15) is 0 Å². The summed E-state index contributed by atoms with van der Waals surface area (Å²) in [5.74, 6) is -1.07. The number of hydrogen-bond donors (Lipinski definition) is 0. The van der Waals surface area contributed by atoms with Gasteiger partial charge in [0.2, 0.25) is 0 Å². The molecule has 0 rings (SSSR count). The Morgan fingerprint density at radius 2 is 2.00 bits per heavy atom. The molecule has 0 aliphatic carbocycles. The molecule has 0 aromatic rings. The number of carboxylic acids is 1. The van der Waals surface area contributed by atoms with Crippen molar-refractivity contribution in [2.45, 2.75) is 11.8 Å². The molecule has 1 unspecified atom stereocenters. The van der Waals surface area contributed by atoms with E-state index in [1.54, 1.807) is 0 Å². The zero-order chi connectivity index (χ0) is 5.15. The molecule has 0 heterocycles. The van der Waals surface area contributed by atoms with Crippen LogP contribution < -0.4 is 34.7 Å². The van der Waals surface area contributed by atoms with Crippen molar-refractivity contribution in [1.82, 2.24) is 0 Å². The monoisotopic (exact) mass is 174 g/mol. The molecule has 0 bridgehead atoms. The van der Waals surface area contributed by atoms with Crippen molar-refractivity contribution in [1.29, 1.82) is 0 Å². The quantitative estimate of drug-likeness (QED) is 0.306. The molecule has 0 saturated heterocycles. The molecule has 0 radical (unpaired) electrons. The third-order valence-corrected chi connectivity index (χ3v) is 0.699. The molecule has 0 aliphatic rings. The summed E-state index contributed by atoms with van der Waals surface area (Å²) in [6, 6.07) is 0. The number of carbonyl (C=O) groups excluding carboxylic acids is 1. The number of aliphatic carboxylic acids is 1. The van der Waals surface area contributed by atoms with Gasteiger partial charge in [-0.3, -0.25) is 0 Å².